The largest absolute Gasteiger partial charge is 0.483 e. The molecule has 11 heteroatoms. The molecule has 31 heavy (non-hydrogen) atoms. The average Bonchev–Trinajstić information content (AvgIpc) is 2.74. The van der Waals surface area contributed by atoms with Gasteiger partial charge in [0.2, 0.25) is 0 Å². The lowest BCUT2D eigenvalue weighted by Gasteiger charge is -2.11. The molecule has 0 radical (unpaired) electrons. The quantitative estimate of drug-likeness (QED) is 0.231. The number of halogens is 3. The van der Waals surface area contributed by atoms with Crippen molar-refractivity contribution in [2.75, 3.05) is 18.5 Å². The zero-order valence-electron chi connectivity index (χ0n) is 16.0. The van der Waals surface area contributed by atoms with Gasteiger partial charge in [0.1, 0.15) is 5.75 Å². The molecule has 0 aliphatic heterocycles. The van der Waals surface area contributed by atoms with E-state index in [1.165, 1.54) is 24.4 Å². The molecule has 0 spiro atoms. The third-order valence-corrected chi connectivity index (χ3v) is 4.59. The highest BCUT2D eigenvalue weighted by atomic mass is 35.5. The number of hydrogen-bond donors (Lipinski definition) is 3. The molecular formula is C20H17Cl3N4O4. The zero-order valence-corrected chi connectivity index (χ0v) is 18.2. The Labute approximate surface area is 193 Å². The number of carbonyl (C=O) groups excluding carboxylic acids is 3. The molecule has 0 aromatic heterocycles. The number of nitrogens with one attached hydrogen (secondary N) is 3. The van der Waals surface area contributed by atoms with Crippen LogP contribution in [0.5, 0.6) is 5.75 Å². The molecule has 2 rings (SSSR count). The molecule has 0 aliphatic carbocycles. The Morgan fingerprint density at radius 1 is 1.10 bits per heavy atom. The minimum absolute atomic E-state index is 0.144. The molecule has 0 fully saturated rings. The lowest BCUT2D eigenvalue weighted by atomic mass is 10.2. The Morgan fingerprint density at radius 2 is 1.87 bits per heavy atom. The van der Waals surface area contributed by atoms with Gasteiger partial charge in [-0.15, -0.1) is 6.58 Å². The fourth-order valence-corrected chi connectivity index (χ4v) is 2.67. The van der Waals surface area contributed by atoms with Crippen LogP contribution < -0.4 is 20.8 Å². The first-order valence-corrected chi connectivity index (χ1v) is 9.83. The van der Waals surface area contributed by atoms with E-state index in [0.717, 1.165) is 0 Å². The van der Waals surface area contributed by atoms with E-state index in [1.54, 1.807) is 24.3 Å². The standard InChI is InChI=1S/C20H17Cl3N4O4/c1-2-8-24-19(29)20(30)27-25-10-12-9-13(21)6-7-16(12)31-11-17(28)26-15-5-3-4-14(22)18(15)23/h2-7,9-10H,1,8,11H2,(H,24,29)(H,26,28)(H,27,30)/b25-10-. The van der Waals surface area contributed by atoms with Crippen LogP contribution in [0.3, 0.4) is 0 Å². The predicted molar refractivity (Wildman–Crippen MR) is 121 cm³/mol. The van der Waals surface area contributed by atoms with Gasteiger partial charge in [0.05, 0.1) is 21.9 Å². The van der Waals surface area contributed by atoms with E-state index in [1.807, 2.05) is 0 Å². The maximum atomic E-state index is 12.2. The van der Waals surface area contributed by atoms with E-state index >= 15 is 0 Å². The Kier molecular flexibility index (Phi) is 9.33. The topological polar surface area (TPSA) is 109 Å². The number of carbonyl (C=O) groups is 3. The van der Waals surface area contributed by atoms with Crippen LogP contribution in [0.4, 0.5) is 5.69 Å². The Balaban J connectivity index is 2.00. The molecule has 0 saturated carbocycles. The monoisotopic (exact) mass is 482 g/mol. The van der Waals surface area contributed by atoms with Crippen LogP contribution in [0.15, 0.2) is 54.2 Å². The summed E-state index contributed by atoms with van der Waals surface area (Å²) < 4.78 is 5.51. The zero-order chi connectivity index (χ0) is 22.8. The molecule has 162 valence electrons. The summed E-state index contributed by atoms with van der Waals surface area (Å²) in [7, 11) is 0. The second kappa shape index (κ2) is 11.9. The molecule has 0 saturated heterocycles. The molecule has 8 nitrogen and oxygen atoms in total. The third-order valence-electron chi connectivity index (χ3n) is 3.54. The average molecular weight is 484 g/mol. The molecule has 3 N–H and O–H groups in total. The van der Waals surface area contributed by atoms with Crippen molar-refractivity contribution in [2.45, 2.75) is 0 Å². The van der Waals surface area contributed by atoms with Crippen LogP contribution in [0.2, 0.25) is 15.1 Å². The summed E-state index contributed by atoms with van der Waals surface area (Å²) in [5.41, 5.74) is 2.79. The van der Waals surface area contributed by atoms with Gasteiger partial charge in [-0.2, -0.15) is 5.10 Å². The van der Waals surface area contributed by atoms with E-state index < -0.39 is 17.7 Å². The molecule has 0 atom stereocenters. The van der Waals surface area contributed by atoms with Gasteiger partial charge in [-0.3, -0.25) is 14.4 Å². The van der Waals surface area contributed by atoms with Crippen molar-refractivity contribution < 1.29 is 19.1 Å². The fourth-order valence-electron chi connectivity index (χ4n) is 2.14. The Hall–Kier alpha value is -3.07. The first-order chi connectivity index (χ1) is 14.8. The van der Waals surface area contributed by atoms with Gasteiger partial charge in [0.15, 0.2) is 6.61 Å². The minimum atomic E-state index is -0.958. The summed E-state index contributed by atoms with van der Waals surface area (Å²) in [5, 5.41) is 9.50. The summed E-state index contributed by atoms with van der Waals surface area (Å²) in [5.74, 6) is -2.03. The van der Waals surface area contributed by atoms with Crippen LogP contribution in [0.1, 0.15) is 5.56 Å². The molecular weight excluding hydrogens is 467 g/mol. The smallest absolute Gasteiger partial charge is 0.329 e. The lowest BCUT2D eigenvalue weighted by molar-refractivity contribution is -0.139. The van der Waals surface area contributed by atoms with Crippen molar-refractivity contribution in [1.82, 2.24) is 10.7 Å². The van der Waals surface area contributed by atoms with Crippen molar-refractivity contribution in [3.63, 3.8) is 0 Å². The summed E-state index contributed by atoms with van der Waals surface area (Å²) in [6, 6.07) is 9.43. The SMILES string of the molecule is C=CCNC(=O)C(=O)N/N=C\c1cc(Cl)ccc1OCC(=O)Nc1cccc(Cl)c1Cl. The number of rotatable bonds is 8. The van der Waals surface area contributed by atoms with Gasteiger partial charge in [-0.05, 0) is 30.3 Å². The first kappa shape index (κ1) is 24.2. The van der Waals surface area contributed by atoms with Gasteiger partial charge in [-0.1, -0.05) is 46.9 Å². The first-order valence-electron chi connectivity index (χ1n) is 8.70. The van der Waals surface area contributed by atoms with Crippen molar-refractivity contribution in [1.29, 1.82) is 0 Å². The van der Waals surface area contributed by atoms with Crippen molar-refractivity contribution in [3.8, 4) is 5.75 Å². The van der Waals surface area contributed by atoms with Crippen molar-refractivity contribution in [2.24, 2.45) is 5.10 Å². The van der Waals surface area contributed by atoms with Crippen molar-refractivity contribution in [3.05, 3.63) is 69.7 Å². The Bertz CT molecular complexity index is 1030. The maximum absolute atomic E-state index is 12.2. The summed E-state index contributed by atoms with van der Waals surface area (Å²) in [4.78, 5) is 35.3. The number of ether oxygens (including phenoxy) is 1. The molecule has 3 amide bonds. The number of benzene rings is 2. The molecule has 0 bridgehead atoms. The maximum Gasteiger partial charge on any atom is 0.329 e. The highest BCUT2D eigenvalue weighted by Gasteiger charge is 2.12. The van der Waals surface area contributed by atoms with E-state index in [4.69, 9.17) is 39.5 Å². The molecule has 0 heterocycles. The van der Waals surface area contributed by atoms with Gasteiger partial charge in [-0.25, -0.2) is 5.43 Å². The number of amides is 3. The van der Waals surface area contributed by atoms with Crippen LogP contribution in [0, 0.1) is 0 Å². The van der Waals surface area contributed by atoms with Gasteiger partial charge >= 0.3 is 11.8 Å². The second-order valence-corrected chi connectivity index (χ2v) is 7.04. The van der Waals surface area contributed by atoms with Crippen molar-refractivity contribution >= 4 is 64.4 Å². The number of nitrogens with zero attached hydrogens (tertiary/aromatic N) is 1. The van der Waals surface area contributed by atoms with E-state index in [2.05, 4.69) is 27.7 Å². The van der Waals surface area contributed by atoms with Gasteiger partial charge < -0.3 is 15.4 Å². The number of anilines is 1. The summed E-state index contributed by atoms with van der Waals surface area (Å²) in [6.07, 6.45) is 2.66. The van der Waals surface area contributed by atoms with E-state index in [9.17, 15) is 14.4 Å². The fraction of sp³-hybridized carbons (Fsp3) is 0.100. The predicted octanol–water partition coefficient (Wildman–Crippen LogP) is 3.42. The molecule has 0 unspecified atom stereocenters. The number of hydrogen-bond acceptors (Lipinski definition) is 5. The normalized spacial score (nSPS) is 10.4. The Morgan fingerprint density at radius 3 is 2.61 bits per heavy atom. The molecule has 2 aromatic carbocycles. The van der Waals surface area contributed by atoms with Crippen LogP contribution in [0.25, 0.3) is 0 Å². The highest BCUT2D eigenvalue weighted by Crippen LogP contribution is 2.29. The second-order valence-electron chi connectivity index (χ2n) is 5.82. The minimum Gasteiger partial charge on any atom is -0.483 e. The van der Waals surface area contributed by atoms with Crippen LogP contribution in [-0.4, -0.2) is 37.1 Å². The van der Waals surface area contributed by atoms with Crippen LogP contribution in [-0.2, 0) is 14.4 Å². The van der Waals surface area contributed by atoms with Crippen LogP contribution >= 0.6 is 34.8 Å². The summed E-state index contributed by atoms with van der Waals surface area (Å²) >= 11 is 17.9. The molecule has 2 aromatic rings. The van der Waals surface area contributed by atoms with Gasteiger partial charge in [0.25, 0.3) is 5.91 Å². The van der Waals surface area contributed by atoms with Gasteiger partial charge in [0, 0.05) is 17.1 Å². The van der Waals surface area contributed by atoms with E-state index in [0.29, 0.717) is 21.3 Å². The third kappa shape index (κ3) is 7.60. The number of hydrazone groups is 1. The van der Waals surface area contributed by atoms with E-state index in [-0.39, 0.29) is 23.9 Å². The summed E-state index contributed by atoms with van der Waals surface area (Å²) in [6.45, 7) is 3.23. The highest BCUT2D eigenvalue weighted by molar-refractivity contribution is 6.44. The lowest BCUT2D eigenvalue weighted by Crippen LogP contribution is -2.37. The molecule has 0 aliphatic rings.